The molecule has 1 aromatic rings. The lowest BCUT2D eigenvalue weighted by molar-refractivity contribution is 0.352. The van der Waals surface area contributed by atoms with Crippen LogP contribution in [-0.2, 0) is 10.0 Å². The highest BCUT2D eigenvalue weighted by Crippen LogP contribution is 2.36. The molecule has 0 saturated carbocycles. The van der Waals surface area contributed by atoms with Crippen molar-refractivity contribution >= 4 is 26.0 Å². The standard InChI is InChI=1S/C12H19BrN2O4S/c1-8(7-14)15(2)20(16,17)12-6-11(19-4)10(18-3)5-9(12)13/h5-6,8H,7,14H2,1-4H3. The fourth-order valence-corrected chi connectivity index (χ4v) is 3.94. The van der Waals surface area contributed by atoms with Gasteiger partial charge >= 0.3 is 0 Å². The van der Waals surface area contributed by atoms with Gasteiger partial charge in [0.15, 0.2) is 11.5 Å². The third kappa shape index (κ3) is 3.25. The lowest BCUT2D eigenvalue weighted by Crippen LogP contribution is -2.39. The predicted molar refractivity (Wildman–Crippen MR) is 80.7 cm³/mol. The molecule has 1 atom stereocenters. The molecule has 0 bridgehead atoms. The van der Waals surface area contributed by atoms with E-state index >= 15 is 0 Å². The molecule has 0 heterocycles. The Bertz CT molecular complexity index is 577. The average molecular weight is 367 g/mol. The van der Waals surface area contributed by atoms with E-state index in [9.17, 15) is 8.42 Å². The molecule has 0 spiro atoms. The van der Waals surface area contributed by atoms with Crippen LogP contribution in [0.5, 0.6) is 11.5 Å². The molecule has 1 aromatic carbocycles. The fourth-order valence-electron chi connectivity index (χ4n) is 1.57. The average Bonchev–Trinajstić information content (AvgIpc) is 2.44. The van der Waals surface area contributed by atoms with Gasteiger partial charge in [-0.1, -0.05) is 0 Å². The Morgan fingerprint density at radius 3 is 2.25 bits per heavy atom. The van der Waals surface area contributed by atoms with Gasteiger partial charge in [0.05, 0.1) is 14.2 Å². The van der Waals surface area contributed by atoms with Gasteiger partial charge in [0.1, 0.15) is 4.90 Å². The summed E-state index contributed by atoms with van der Waals surface area (Å²) in [5.41, 5.74) is 5.52. The minimum atomic E-state index is -3.67. The first-order valence-corrected chi connectivity index (χ1v) is 8.12. The molecule has 0 amide bonds. The molecular weight excluding hydrogens is 348 g/mol. The molecule has 6 nitrogen and oxygen atoms in total. The Morgan fingerprint density at radius 1 is 1.30 bits per heavy atom. The maximum atomic E-state index is 12.6. The molecule has 2 N–H and O–H groups in total. The van der Waals surface area contributed by atoms with Gasteiger partial charge in [-0.2, -0.15) is 4.31 Å². The molecule has 1 rings (SSSR count). The summed E-state index contributed by atoms with van der Waals surface area (Å²) in [7, 11) is 0.768. The summed E-state index contributed by atoms with van der Waals surface area (Å²) in [4.78, 5) is 0.109. The van der Waals surface area contributed by atoms with Gasteiger partial charge in [-0.25, -0.2) is 8.42 Å². The number of nitrogens with zero attached hydrogens (tertiary/aromatic N) is 1. The highest BCUT2D eigenvalue weighted by Gasteiger charge is 2.28. The zero-order valence-electron chi connectivity index (χ0n) is 11.9. The predicted octanol–water partition coefficient (Wildman–Crippen LogP) is 1.43. The SMILES string of the molecule is COc1cc(Br)c(S(=O)(=O)N(C)C(C)CN)cc1OC. The largest absolute Gasteiger partial charge is 0.493 e. The van der Waals surface area contributed by atoms with Gasteiger partial charge in [-0.05, 0) is 28.9 Å². The van der Waals surface area contributed by atoms with E-state index < -0.39 is 10.0 Å². The first-order valence-electron chi connectivity index (χ1n) is 5.89. The number of sulfonamides is 1. The Morgan fingerprint density at radius 2 is 1.80 bits per heavy atom. The molecule has 8 heteroatoms. The number of ether oxygens (including phenoxy) is 2. The Kier molecular flexibility index (Phi) is 5.81. The summed E-state index contributed by atoms with van der Waals surface area (Å²) in [5.74, 6) is 0.802. The van der Waals surface area contributed by atoms with E-state index in [0.717, 1.165) is 0 Å². The zero-order chi connectivity index (χ0) is 15.5. The van der Waals surface area contributed by atoms with Crippen LogP contribution in [0.3, 0.4) is 0 Å². The lowest BCUT2D eigenvalue weighted by Gasteiger charge is -2.24. The molecule has 0 aliphatic rings. The second kappa shape index (κ2) is 6.75. The number of benzene rings is 1. The van der Waals surface area contributed by atoms with Crippen LogP contribution in [0.2, 0.25) is 0 Å². The Balaban J connectivity index is 3.39. The summed E-state index contributed by atoms with van der Waals surface area (Å²) in [6.45, 7) is 1.98. The van der Waals surface area contributed by atoms with Crippen LogP contribution in [0.25, 0.3) is 0 Å². The van der Waals surface area contributed by atoms with Crippen LogP contribution >= 0.6 is 15.9 Å². The molecule has 0 aliphatic heterocycles. The van der Waals surface area contributed by atoms with Crippen LogP contribution in [0.1, 0.15) is 6.92 Å². The van der Waals surface area contributed by atoms with Crippen molar-refractivity contribution in [2.24, 2.45) is 5.73 Å². The number of halogens is 1. The van der Waals surface area contributed by atoms with E-state index in [1.165, 1.54) is 31.6 Å². The number of rotatable bonds is 6. The number of nitrogens with two attached hydrogens (primary N) is 1. The van der Waals surface area contributed by atoms with E-state index in [1.54, 1.807) is 13.0 Å². The minimum absolute atomic E-state index is 0.109. The van der Waals surface area contributed by atoms with E-state index in [2.05, 4.69) is 15.9 Å². The van der Waals surface area contributed by atoms with Crippen molar-refractivity contribution in [2.75, 3.05) is 27.8 Å². The molecule has 20 heavy (non-hydrogen) atoms. The third-order valence-electron chi connectivity index (χ3n) is 3.06. The molecular formula is C12H19BrN2O4S. The summed E-state index contributed by atoms with van der Waals surface area (Å²) in [6, 6.07) is 2.69. The van der Waals surface area contributed by atoms with E-state index in [0.29, 0.717) is 16.0 Å². The van der Waals surface area contributed by atoms with Gasteiger partial charge < -0.3 is 15.2 Å². The Hall–Kier alpha value is -0.830. The maximum absolute atomic E-state index is 12.6. The monoisotopic (exact) mass is 366 g/mol. The molecule has 1 unspecified atom stereocenters. The summed E-state index contributed by atoms with van der Waals surface area (Å²) in [5, 5.41) is 0. The topological polar surface area (TPSA) is 81.9 Å². The Labute approximate surface area is 128 Å². The fraction of sp³-hybridized carbons (Fsp3) is 0.500. The van der Waals surface area contributed by atoms with Gasteiger partial charge in [-0.3, -0.25) is 0 Å². The molecule has 114 valence electrons. The normalized spacial score (nSPS) is 13.3. The molecule has 0 radical (unpaired) electrons. The minimum Gasteiger partial charge on any atom is -0.493 e. The summed E-state index contributed by atoms with van der Waals surface area (Å²) in [6.07, 6.45) is 0. The summed E-state index contributed by atoms with van der Waals surface area (Å²) >= 11 is 3.25. The third-order valence-corrected chi connectivity index (χ3v) is 5.99. The van der Waals surface area contributed by atoms with Crippen LogP contribution in [-0.4, -0.2) is 46.6 Å². The second-order valence-corrected chi connectivity index (χ2v) is 7.06. The van der Waals surface area contributed by atoms with E-state index in [1.807, 2.05) is 0 Å². The van der Waals surface area contributed by atoms with Gasteiger partial charge in [0, 0.05) is 30.2 Å². The van der Waals surface area contributed by atoms with Crippen LogP contribution < -0.4 is 15.2 Å². The first kappa shape index (κ1) is 17.2. The van der Waals surface area contributed by atoms with Crippen molar-refractivity contribution in [2.45, 2.75) is 17.9 Å². The zero-order valence-corrected chi connectivity index (χ0v) is 14.3. The number of likely N-dealkylation sites (N-methyl/N-ethyl adjacent to an activating group) is 1. The van der Waals surface area contributed by atoms with E-state index in [4.69, 9.17) is 15.2 Å². The smallest absolute Gasteiger partial charge is 0.244 e. The van der Waals surface area contributed by atoms with Crippen molar-refractivity contribution in [1.29, 1.82) is 0 Å². The first-order chi connectivity index (χ1) is 9.29. The van der Waals surface area contributed by atoms with Crippen molar-refractivity contribution in [3.8, 4) is 11.5 Å². The van der Waals surface area contributed by atoms with Crippen molar-refractivity contribution in [3.63, 3.8) is 0 Å². The maximum Gasteiger partial charge on any atom is 0.244 e. The van der Waals surface area contributed by atoms with E-state index in [-0.39, 0.29) is 17.5 Å². The van der Waals surface area contributed by atoms with Crippen LogP contribution in [0.15, 0.2) is 21.5 Å². The molecule has 0 fully saturated rings. The quantitative estimate of drug-likeness (QED) is 0.823. The lowest BCUT2D eigenvalue weighted by atomic mass is 10.3. The summed E-state index contributed by atoms with van der Waals surface area (Å²) < 4.78 is 37.0. The highest BCUT2D eigenvalue weighted by atomic mass is 79.9. The van der Waals surface area contributed by atoms with Crippen molar-refractivity contribution in [3.05, 3.63) is 16.6 Å². The molecule has 0 aliphatic carbocycles. The molecule has 0 saturated heterocycles. The number of hydrogen-bond acceptors (Lipinski definition) is 5. The van der Waals surface area contributed by atoms with Crippen LogP contribution in [0, 0.1) is 0 Å². The number of methoxy groups -OCH3 is 2. The van der Waals surface area contributed by atoms with Crippen molar-refractivity contribution < 1.29 is 17.9 Å². The van der Waals surface area contributed by atoms with Crippen LogP contribution in [0.4, 0.5) is 0 Å². The van der Waals surface area contributed by atoms with Crippen molar-refractivity contribution in [1.82, 2.24) is 4.31 Å². The number of hydrogen-bond donors (Lipinski definition) is 1. The van der Waals surface area contributed by atoms with Gasteiger partial charge in [0.2, 0.25) is 10.0 Å². The molecule has 0 aromatic heterocycles. The highest BCUT2D eigenvalue weighted by molar-refractivity contribution is 9.10. The van der Waals surface area contributed by atoms with Gasteiger partial charge in [-0.15, -0.1) is 0 Å². The second-order valence-electron chi connectivity index (χ2n) is 4.24. The van der Waals surface area contributed by atoms with Gasteiger partial charge in [0.25, 0.3) is 0 Å².